The fraction of sp³-hybridized carbons (Fsp3) is 0.583. The number of anilines is 1. The van der Waals surface area contributed by atoms with Crippen LogP contribution in [0.3, 0.4) is 0 Å². The zero-order valence-corrected chi connectivity index (χ0v) is 10.0. The van der Waals surface area contributed by atoms with Crippen molar-refractivity contribution in [3.8, 4) is 5.75 Å². The number of aliphatic hydroxyl groups excluding tert-OH is 1. The number of ether oxygens (including phenoxy) is 1. The molecule has 1 aromatic rings. The van der Waals surface area contributed by atoms with Gasteiger partial charge in [0, 0.05) is 13.1 Å². The summed E-state index contributed by atoms with van der Waals surface area (Å²) in [7, 11) is 1.62. The highest BCUT2D eigenvalue weighted by molar-refractivity contribution is 5.40. The van der Waals surface area contributed by atoms with Crippen molar-refractivity contribution < 1.29 is 9.84 Å². The van der Waals surface area contributed by atoms with Crippen molar-refractivity contribution in [3.63, 3.8) is 0 Å². The van der Waals surface area contributed by atoms with Gasteiger partial charge in [0.25, 0.3) is 0 Å². The van der Waals surface area contributed by atoms with E-state index in [0.717, 1.165) is 31.0 Å². The Kier molecular flexibility index (Phi) is 5.64. The van der Waals surface area contributed by atoms with Gasteiger partial charge in [-0.15, -0.1) is 0 Å². The fourth-order valence-corrected chi connectivity index (χ4v) is 1.49. The second-order valence-electron chi connectivity index (χ2n) is 3.62. The van der Waals surface area contributed by atoms with Gasteiger partial charge in [0.1, 0.15) is 11.6 Å². The Morgan fingerprint density at radius 3 is 2.69 bits per heavy atom. The summed E-state index contributed by atoms with van der Waals surface area (Å²) in [6.45, 7) is 3.85. The van der Waals surface area contributed by atoms with Crippen LogP contribution in [0.25, 0.3) is 0 Å². The molecule has 0 fully saturated rings. The summed E-state index contributed by atoms with van der Waals surface area (Å²) < 4.78 is 5.06. The number of rotatable bonds is 7. The molecule has 90 valence electrons. The molecular weight excluding hydrogens is 204 g/mol. The number of hydrogen-bond acceptors (Lipinski definition) is 4. The van der Waals surface area contributed by atoms with Crippen molar-refractivity contribution >= 4 is 5.82 Å². The van der Waals surface area contributed by atoms with E-state index in [9.17, 15) is 0 Å². The predicted molar refractivity (Wildman–Crippen MR) is 65.0 cm³/mol. The van der Waals surface area contributed by atoms with Crippen LogP contribution in [0.2, 0.25) is 0 Å². The maximum Gasteiger partial charge on any atom is 0.137 e. The Bertz CT molecular complexity index is 288. The molecule has 4 nitrogen and oxygen atoms in total. The van der Waals surface area contributed by atoms with Gasteiger partial charge in [-0.3, -0.25) is 0 Å². The van der Waals surface area contributed by atoms with E-state index in [1.54, 1.807) is 13.3 Å². The van der Waals surface area contributed by atoms with Gasteiger partial charge in [0.2, 0.25) is 0 Å². The second-order valence-corrected chi connectivity index (χ2v) is 3.62. The van der Waals surface area contributed by atoms with E-state index in [1.165, 1.54) is 0 Å². The van der Waals surface area contributed by atoms with Crippen LogP contribution < -0.4 is 9.64 Å². The summed E-state index contributed by atoms with van der Waals surface area (Å²) in [5.74, 6) is 1.64. The minimum absolute atomic E-state index is 0.150. The maximum atomic E-state index is 9.00. The van der Waals surface area contributed by atoms with Crippen LogP contribution in [-0.4, -0.2) is 36.9 Å². The minimum Gasteiger partial charge on any atom is -0.495 e. The lowest BCUT2D eigenvalue weighted by Gasteiger charge is -2.22. The van der Waals surface area contributed by atoms with Crippen LogP contribution in [0, 0.1) is 0 Å². The fourth-order valence-electron chi connectivity index (χ4n) is 1.49. The van der Waals surface area contributed by atoms with Gasteiger partial charge >= 0.3 is 0 Å². The lowest BCUT2D eigenvalue weighted by Crippen LogP contribution is -2.28. The summed E-state index contributed by atoms with van der Waals surface area (Å²) in [6, 6.07) is 3.81. The predicted octanol–water partition coefficient (Wildman–Crippen LogP) is 1.69. The highest BCUT2D eigenvalue weighted by Gasteiger charge is 2.06. The molecule has 4 heteroatoms. The van der Waals surface area contributed by atoms with E-state index < -0.39 is 0 Å². The van der Waals surface area contributed by atoms with Gasteiger partial charge < -0.3 is 14.7 Å². The molecule has 0 aliphatic rings. The van der Waals surface area contributed by atoms with Crippen LogP contribution >= 0.6 is 0 Å². The quantitative estimate of drug-likeness (QED) is 0.765. The Balaban J connectivity index is 2.67. The third kappa shape index (κ3) is 3.70. The van der Waals surface area contributed by atoms with E-state index in [2.05, 4.69) is 16.8 Å². The molecule has 0 saturated heterocycles. The molecular formula is C12H20N2O2. The number of unbranched alkanes of at least 4 members (excludes halogenated alkanes) is 1. The average molecular weight is 224 g/mol. The van der Waals surface area contributed by atoms with Gasteiger partial charge in [-0.25, -0.2) is 4.98 Å². The average Bonchev–Trinajstić information content (AvgIpc) is 2.35. The Morgan fingerprint density at radius 1 is 1.38 bits per heavy atom. The zero-order chi connectivity index (χ0) is 11.8. The van der Waals surface area contributed by atoms with Crippen molar-refractivity contribution in [2.75, 3.05) is 31.7 Å². The van der Waals surface area contributed by atoms with Crippen molar-refractivity contribution in [1.82, 2.24) is 4.98 Å². The molecule has 1 rings (SSSR count). The SMILES string of the molecule is CCCCN(CCO)c1ccc(OC)cn1. The molecule has 0 amide bonds. The molecule has 0 radical (unpaired) electrons. The molecule has 1 aromatic heterocycles. The number of aromatic nitrogens is 1. The second kappa shape index (κ2) is 7.06. The lowest BCUT2D eigenvalue weighted by atomic mass is 10.3. The maximum absolute atomic E-state index is 9.00. The van der Waals surface area contributed by atoms with E-state index in [0.29, 0.717) is 6.54 Å². The van der Waals surface area contributed by atoms with E-state index in [1.807, 2.05) is 12.1 Å². The third-order valence-electron chi connectivity index (χ3n) is 2.43. The van der Waals surface area contributed by atoms with E-state index in [-0.39, 0.29) is 6.61 Å². The largest absolute Gasteiger partial charge is 0.495 e. The summed E-state index contributed by atoms with van der Waals surface area (Å²) >= 11 is 0. The van der Waals surface area contributed by atoms with Crippen LogP contribution in [0.4, 0.5) is 5.82 Å². The zero-order valence-electron chi connectivity index (χ0n) is 10.0. The number of pyridine rings is 1. The molecule has 16 heavy (non-hydrogen) atoms. The first-order valence-electron chi connectivity index (χ1n) is 5.67. The third-order valence-corrected chi connectivity index (χ3v) is 2.43. The number of hydrogen-bond donors (Lipinski definition) is 1. The Morgan fingerprint density at radius 2 is 2.19 bits per heavy atom. The molecule has 0 aliphatic carbocycles. The van der Waals surface area contributed by atoms with Gasteiger partial charge in [-0.1, -0.05) is 13.3 Å². The van der Waals surface area contributed by atoms with Crippen LogP contribution in [0.5, 0.6) is 5.75 Å². The highest BCUT2D eigenvalue weighted by atomic mass is 16.5. The molecule has 1 N–H and O–H groups in total. The van der Waals surface area contributed by atoms with Crippen molar-refractivity contribution in [2.45, 2.75) is 19.8 Å². The lowest BCUT2D eigenvalue weighted by molar-refractivity contribution is 0.301. The van der Waals surface area contributed by atoms with Crippen molar-refractivity contribution in [1.29, 1.82) is 0 Å². The smallest absolute Gasteiger partial charge is 0.137 e. The molecule has 0 unspecified atom stereocenters. The van der Waals surface area contributed by atoms with Gasteiger partial charge in [-0.2, -0.15) is 0 Å². The Hall–Kier alpha value is -1.29. The highest BCUT2D eigenvalue weighted by Crippen LogP contribution is 2.15. The van der Waals surface area contributed by atoms with Gasteiger partial charge in [0.15, 0.2) is 0 Å². The molecule has 0 aromatic carbocycles. The monoisotopic (exact) mass is 224 g/mol. The number of nitrogens with zero attached hydrogens (tertiary/aromatic N) is 2. The summed E-state index contributed by atoms with van der Waals surface area (Å²) in [5.41, 5.74) is 0. The first kappa shape index (κ1) is 12.8. The summed E-state index contributed by atoms with van der Waals surface area (Å²) in [4.78, 5) is 6.40. The van der Waals surface area contributed by atoms with Crippen molar-refractivity contribution in [2.24, 2.45) is 0 Å². The van der Waals surface area contributed by atoms with Crippen molar-refractivity contribution in [3.05, 3.63) is 18.3 Å². The van der Waals surface area contributed by atoms with E-state index >= 15 is 0 Å². The van der Waals surface area contributed by atoms with Crippen LogP contribution in [0.15, 0.2) is 18.3 Å². The van der Waals surface area contributed by atoms with Gasteiger partial charge in [0.05, 0.1) is 19.9 Å². The molecule has 1 heterocycles. The number of methoxy groups -OCH3 is 1. The topological polar surface area (TPSA) is 45.6 Å². The minimum atomic E-state index is 0.150. The van der Waals surface area contributed by atoms with E-state index in [4.69, 9.17) is 9.84 Å². The standard InChI is InChI=1S/C12H20N2O2/c1-3-4-7-14(8-9-15)12-6-5-11(16-2)10-13-12/h5-6,10,15H,3-4,7-9H2,1-2H3. The molecule has 0 bridgehead atoms. The van der Waals surface area contributed by atoms with Crippen LogP contribution in [-0.2, 0) is 0 Å². The van der Waals surface area contributed by atoms with Crippen LogP contribution in [0.1, 0.15) is 19.8 Å². The summed E-state index contributed by atoms with van der Waals surface area (Å²) in [5, 5.41) is 9.00. The van der Waals surface area contributed by atoms with Gasteiger partial charge in [-0.05, 0) is 18.6 Å². The Labute approximate surface area is 96.9 Å². The first-order valence-corrected chi connectivity index (χ1v) is 5.67. The summed E-state index contributed by atoms with van der Waals surface area (Å²) in [6.07, 6.45) is 3.94. The number of aliphatic hydroxyl groups is 1. The molecule has 0 saturated carbocycles. The normalized spacial score (nSPS) is 10.2. The molecule has 0 aliphatic heterocycles. The first-order chi connectivity index (χ1) is 7.81. The molecule has 0 spiro atoms. The molecule has 0 atom stereocenters.